The van der Waals surface area contributed by atoms with E-state index in [0.717, 1.165) is 52.0 Å². The van der Waals surface area contributed by atoms with E-state index in [1.165, 1.54) is 12.3 Å². The van der Waals surface area contributed by atoms with Gasteiger partial charge in [-0.3, -0.25) is 14.4 Å². The molecule has 1 saturated heterocycles. The molecule has 0 spiro atoms. The summed E-state index contributed by atoms with van der Waals surface area (Å²) in [6.07, 6.45) is 6.99. The first-order valence-electron chi connectivity index (χ1n) is 11.2. The number of hydrogen-bond donors (Lipinski definition) is 1. The molecule has 1 aliphatic carbocycles. The molecule has 1 amide bonds. The van der Waals surface area contributed by atoms with E-state index < -0.39 is 0 Å². The molecule has 0 bridgehead atoms. The Morgan fingerprint density at radius 3 is 2.66 bits per heavy atom. The first-order valence-corrected chi connectivity index (χ1v) is 11.2. The number of morpholine rings is 1. The summed E-state index contributed by atoms with van der Waals surface area (Å²) in [6.45, 7) is 3.56. The number of carbonyl (C=O) groups excluding carboxylic acids is 1. The second-order valence-corrected chi connectivity index (χ2v) is 8.67. The Hall–Kier alpha value is -2.91. The second-order valence-electron chi connectivity index (χ2n) is 8.67. The third-order valence-electron chi connectivity index (χ3n) is 6.57. The number of aromatic nitrogens is 4. The van der Waals surface area contributed by atoms with Gasteiger partial charge in [0.2, 0.25) is 5.91 Å². The Labute approximate surface area is 185 Å². The van der Waals surface area contributed by atoms with Crippen molar-refractivity contribution in [2.45, 2.75) is 31.7 Å². The molecule has 1 aliphatic heterocycles. The summed E-state index contributed by atoms with van der Waals surface area (Å²) in [6, 6.07) is 5.53. The maximum atomic E-state index is 14.6. The van der Waals surface area contributed by atoms with Crippen molar-refractivity contribution in [1.29, 1.82) is 0 Å². The number of carbonyl (C=O) groups is 1. The monoisotopic (exact) mass is 438 g/mol. The summed E-state index contributed by atoms with van der Waals surface area (Å²) < 4.78 is 21.6. The SMILES string of the molecule is Cn1cc(-c2cc(F)c3cnc(NC(=O)[C@H]4CC[C@H](N5CCOCC5)CC4)cc3c2)nn1. The number of nitrogens with zero attached hydrogens (tertiary/aromatic N) is 5. The average molecular weight is 439 g/mol. The van der Waals surface area contributed by atoms with Gasteiger partial charge >= 0.3 is 0 Å². The highest BCUT2D eigenvalue weighted by Gasteiger charge is 2.30. The highest BCUT2D eigenvalue weighted by atomic mass is 19.1. The Bertz CT molecular complexity index is 1120. The molecule has 0 radical (unpaired) electrons. The molecule has 2 aliphatic rings. The maximum Gasteiger partial charge on any atom is 0.228 e. The van der Waals surface area contributed by atoms with Gasteiger partial charge in [0.05, 0.1) is 19.4 Å². The number of fused-ring (bicyclic) bond motifs is 1. The van der Waals surface area contributed by atoms with Crippen LogP contribution in [0, 0.1) is 11.7 Å². The van der Waals surface area contributed by atoms with Crippen molar-refractivity contribution < 1.29 is 13.9 Å². The van der Waals surface area contributed by atoms with Crippen molar-refractivity contribution in [1.82, 2.24) is 24.9 Å². The molecule has 3 heterocycles. The summed E-state index contributed by atoms with van der Waals surface area (Å²) >= 11 is 0. The van der Waals surface area contributed by atoms with Crippen LogP contribution in [0.25, 0.3) is 22.0 Å². The van der Waals surface area contributed by atoms with Crippen LogP contribution >= 0.6 is 0 Å². The summed E-state index contributed by atoms with van der Waals surface area (Å²) in [7, 11) is 1.76. The number of benzene rings is 1. The molecule has 32 heavy (non-hydrogen) atoms. The lowest BCUT2D eigenvalue weighted by molar-refractivity contribution is -0.121. The molecule has 2 fully saturated rings. The third-order valence-corrected chi connectivity index (χ3v) is 6.57. The predicted octanol–water partition coefficient (Wildman–Crippen LogP) is 3.00. The Morgan fingerprint density at radius 1 is 1.16 bits per heavy atom. The van der Waals surface area contributed by atoms with Crippen molar-refractivity contribution in [3.05, 3.63) is 36.4 Å². The van der Waals surface area contributed by atoms with Crippen molar-refractivity contribution >= 4 is 22.5 Å². The second kappa shape index (κ2) is 8.91. The van der Waals surface area contributed by atoms with Crippen LogP contribution in [-0.2, 0) is 16.6 Å². The van der Waals surface area contributed by atoms with Crippen LogP contribution in [0.1, 0.15) is 25.7 Å². The lowest BCUT2D eigenvalue weighted by Crippen LogP contribution is -2.45. The number of anilines is 1. The summed E-state index contributed by atoms with van der Waals surface area (Å²) in [4.78, 5) is 19.6. The first kappa shape index (κ1) is 21.0. The molecule has 9 heteroatoms. The molecule has 168 valence electrons. The van der Waals surface area contributed by atoms with E-state index in [0.29, 0.717) is 33.9 Å². The molecule has 3 aromatic rings. The van der Waals surface area contributed by atoms with Gasteiger partial charge in [-0.15, -0.1) is 5.10 Å². The molecule has 1 N–H and O–H groups in total. The van der Waals surface area contributed by atoms with E-state index in [9.17, 15) is 9.18 Å². The van der Waals surface area contributed by atoms with Gasteiger partial charge in [0.1, 0.15) is 17.3 Å². The number of ether oxygens (including phenoxy) is 1. The zero-order chi connectivity index (χ0) is 22.1. The van der Waals surface area contributed by atoms with Crippen LogP contribution in [0.4, 0.5) is 10.2 Å². The van der Waals surface area contributed by atoms with E-state index in [1.54, 1.807) is 24.0 Å². The zero-order valence-corrected chi connectivity index (χ0v) is 18.1. The molecule has 1 saturated carbocycles. The maximum absolute atomic E-state index is 14.6. The van der Waals surface area contributed by atoms with Crippen LogP contribution < -0.4 is 5.32 Å². The van der Waals surface area contributed by atoms with Gasteiger partial charge in [-0.25, -0.2) is 9.37 Å². The molecule has 0 atom stereocenters. The van der Waals surface area contributed by atoms with Crippen LogP contribution in [0.3, 0.4) is 0 Å². The smallest absolute Gasteiger partial charge is 0.228 e. The number of aryl methyl sites for hydroxylation is 1. The fraction of sp³-hybridized carbons (Fsp3) is 0.478. The summed E-state index contributed by atoms with van der Waals surface area (Å²) in [5, 5.41) is 12.0. The molecule has 5 rings (SSSR count). The van der Waals surface area contributed by atoms with Gasteiger partial charge in [-0.2, -0.15) is 0 Å². The summed E-state index contributed by atoms with van der Waals surface area (Å²) in [5.74, 6) is 0.0266. The molecular formula is C23H27FN6O2. The lowest BCUT2D eigenvalue weighted by Gasteiger charge is -2.38. The van der Waals surface area contributed by atoms with Gasteiger partial charge in [0.15, 0.2) is 0 Å². The van der Waals surface area contributed by atoms with E-state index in [1.807, 2.05) is 6.07 Å². The van der Waals surface area contributed by atoms with Gasteiger partial charge in [0.25, 0.3) is 0 Å². The Kier molecular flexibility index (Phi) is 5.84. The van der Waals surface area contributed by atoms with Gasteiger partial charge in [0, 0.05) is 49.2 Å². The van der Waals surface area contributed by atoms with E-state index in [4.69, 9.17) is 4.74 Å². The fourth-order valence-electron chi connectivity index (χ4n) is 4.78. The normalized spacial score (nSPS) is 22.2. The first-order chi connectivity index (χ1) is 15.6. The zero-order valence-electron chi connectivity index (χ0n) is 18.1. The number of nitrogens with one attached hydrogen (secondary N) is 1. The third kappa shape index (κ3) is 4.35. The van der Waals surface area contributed by atoms with Gasteiger partial charge in [-0.1, -0.05) is 5.21 Å². The van der Waals surface area contributed by atoms with Gasteiger partial charge in [-0.05, 0) is 49.3 Å². The highest BCUT2D eigenvalue weighted by Crippen LogP contribution is 2.30. The molecule has 1 aromatic carbocycles. The lowest BCUT2D eigenvalue weighted by atomic mass is 9.84. The number of hydrogen-bond acceptors (Lipinski definition) is 6. The number of halogens is 1. The van der Waals surface area contributed by atoms with Crippen LogP contribution in [0.2, 0.25) is 0 Å². The van der Waals surface area contributed by atoms with Crippen LogP contribution in [-0.4, -0.2) is 63.1 Å². The highest BCUT2D eigenvalue weighted by molar-refractivity contribution is 5.95. The molecule has 8 nitrogen and oxygen atoms in total. The molecular weight excluding hydrogens is 411 g/mol. The summed E-state index contributed by atoms with van der Waals surface area (Å²) in [5.41, 5.74) is 1.22. The van der Waals surface area contributed by atoms with E-state index in [-0.39, 0.29) is 17.6 Å². The van der Waals surface area contributed by atoms with Crippen molar-refractivity contribution in [3.63, 3.8) is 0 Å². The number of amides is 1. The minimum atomic E-state index is -0.380. The van der Waals surface area contributed by atoms with Crippen LogP contribution in [0.5, 0.6) is 0 Å². The largest absolute Gasteiger partial charge is 0.379 e. The minimum Gasteiger partial charge on any atom is -0.379 e. The topological polar surface area (TPSA) is 85.2 Å². The Morgan fingerprint density at radius 2 is 1.94 bits per heavy atom. The standard InChI is InChI=1S/C23H27FN6O2/c1-29-14-21(27-28-29)17-10-16-12-22(25-13-19(16)20(24)11-17)26-23(31)15-2-4-18(5-3-15)30-6-8-32-9-7-30/h10-15,18H,2-9H2,1H3,(H,25,26,31)/t15-,18-. The number of rotatable bonds is 4. The average Bonchev–Trinajstić information content (AvgIpc) is 3.26. The van der Waals surface area contributed by atoms with Crippen molar-refractivity contribution in [2.75, 3.05) is 31.6 Å². The van der Waals surface area contributed by atoms with Gasteiger partial charge < -0.3 is 10.1 Å². The number of pyridine rings is 1. The minimum absolute atomic E-state index is 0.0113. The quantitative estimate of drug-likeness (QED) is 0.674. The van der Waals surface area contributed by atoms with Crippen molar-refractivity contribution in [2.24, 2.45) is 13.0 Å². The molecule has 2 aromatic heterocycles. The van der Waals surface area contributed by atoms with E-state index >= 15 is 0 Å². The molecule has 0 unspecified atom stereocenters. The Balaban J connectivity index is 1.27. The van der Waals surface area contributed by atoms with E-state index in [2.05, 4.69) is 25.5 Å². The van der Waals surface area contributed by atoms with Crippen molar-refractivity contribution in [3.8, 4) is 11.3 Å². The van der Waals surface area contributed by atoms with Crippen LogP contribution in [0.15, 0.2) is 30.6 Å². The fourth-order valence-corrected chi connectivity index (χ4v) is 4.78. The predicted molar refractivity (Wildman–Crippen MR) is 118 cm³/mol.